The summed E-state index contributed by atoms with van der Waals surface area (Å²) in [5.41, 5.74) is 13.4. The van der Waals surface area contributed by atoms with Crippen molar-refractivity contribution in [2.45, 2.75) is 51.6 Å². The Hall–Kier alpha value is -4.28. The van der Waals surface area contributed by atoms with E-state index in [9.17, 15) is 0 Å². The number of hydrogen-bond donors (Lipinski definition) is 2. The number of rotatable bonds is 4. The highest BCUT2D eigenvalue weighted by Gasteiger charge is 2.37. The largest absolute Gasteiger partial charge is 0.333 e. The van der Waals surface area contributed by atoms with E-state index >= 15 is 0 Å². The smallest absolute Gasteiger partial charge is 0.205 e. The van der Waals surface area contributed by atoms with Gasteiger partial charge in [-0.05, 0) is 72.0 Å². The first-order valence-electron chi connectivity index (χ1n) is 14.9. The molecule has 4 nitrogen and oxygen atoms in total. The van der Waals surface area contributed by atoms with Crippen LogP contribution in [0.1, 0.15) is 61.4 Å². The van der Waals surface area contributed by atoms with Crippen LogP contribution >= 0.6 is 0 Å². The molecule has 3 aliphatic rings. The minimum Gasteiger partial charge on any atom is -0.333 e. The van der Waals surface area contributed by atoms with Crippen LogP contribution in [0.5, 0.6) is 0 Å². The van der Waals surface area contributed by atoms with Crippen LogP contribution in [0, 0.1) is 12.8 Å². The second-order valence-electron chi connectivity index (χ2n) is 11.8. The fourth-order valence-electron chi connectivity index (χ4n) is 5.99. The molecule has 0 amide bonds. The van der Waals surface area contributed by atoms with Gasteiger partial charge in [0.15, 0.2) is 0 Å². The normalized spacial score (nSPS) is 23.5. The molecule has 3 N–H and O–H groups in total. The van der Waals surface area contributed by atoms with E-state index in [4.69, 9.17) is 9.98 Å². The minimum absolute atomic E-state index is 0.0532. The van der Waals surface area contributed by atoms with E-state index in [1.165, 1.54) is 34.9 Å². The van der Waals surface area contributed by atoms with E-state index in [2.05, 4.69) is 142 Å². The molecule has 42 heavy (non-hydrogen) atoms. The molecule has 214 valence electrons. The molecule has 6 rings (SSSR count). The van der Waals surface area contributed by atoms with Crippen molar-refractivity contribution in [3.63, 3.8) is 0 Å². The van der Waals surface area contributed by atoms with Gasteiger partial charge in [0.1, 0.15) is 5.84 Å². The molecular formula is C38H42N4. The predicted octanol–water partition coefficient (Wildman–Crippen LogP) is 8.24. The standard InChI is InChI=1S/C37H37N3.CH5N/c1-26-17-21-30(22-18-26)37(29-12-7-5-8-13-29)39-25-38-35(40-37)28-20-19-27(2)33(24-28)31-15-11-16-34-32(31)14-9-6-10-23-36(34,3)4;1-2/h5-17,19-22,24-26H,18,23H2,1-4H3,(H,38,39,40);2H2,1H3/b10-6-,14-9-;. The Bertz CT molecular complexity index is 1620. The molecule has 3 aromatic rings. The van der Waals surface area contributed by atoms with Crippen LogP contribution in [0.2, 0.25) is 0 Å². The van der Waals surface area contributed by atoms with E-state index in [1.807, 2.05) is 12.4 Å². The van der Waals surface area contributed by atoms with Crippen molar-refractivity contribution in [2.75, 3.05) is 7.05 Å². The van der Waals surface area contributed by atoms with Gasteiger partial charge in [-0.3, -0.25) is 0 Å². The molecular weight excluding hydrogens is 512 g/mol. The maximum Gasteiger partial charge on any atom is 0.205 e. The molecule has 0 fully saturated rings. The molecule has 1 heterocycles. The van der Waals surface area contributed by atoms with Crippen LogP contribution in [0.25, 0.3) is 17.2 Å². The first-order valence-corrected chi connectivity index (χ1v) is 14.9. The van der Waals surface area contributed by atoms with Crippen molar-refractivity contribution in [1.29, 1.82) is 0 Å². The number of aliphatic imine (C=N–C) groups is 2. The number of amidine groups is 1. The van der Waals surface area contributed by atoms with Gasteiger partial charge in [0.25, 0.3) is 0 Å². The number of fused-ring (bicyclic) bond motifs is 1. The van der Waals surface area contributed by atoms with Gasteiger partial charge in [-0.1, -0.05) is 124 Å². The summed E-state index contributed by atoms with van der Waals surface area (Å²) < 4.78 is 0. The Morgan fingerprint density at radius 3 is 2.48 bits per heavy atom. The lowest BCUT2D eigenvalue weighted by atomic mass is 9.76. The highest BCUT2D eigenvalue weighted by molar-refractivity contribution is 6.07. The van der Waals surface area contributed by atoms with E-state index in [1.54, 1.807) is 0 Å². The molecule has 3 aromatic carbocycles. The zero-order chi connectivity index (χ0) is 29.7. The van der Waals surface area contributed by atoms with Crippen molar-refractivity contribution in [1.82, 2.24) is 5.32 Å². The Morgan fingerprint density at radius 2 is 1.71 bits per heavy atom. The van der Waals surface area contributed by atoms with Crippen molar-refractivity contribution in [2.24, 2.45) is 21.6 Å². The second kappa shape index (κ2) is 12.3. The summed E-state index contributed by atoms with van der Waals surface area (Å²) in [6.07, 6.45) is 19.5. The molecule has 4 heteroatoms. The third-order valence-electron chi connectivity index (χ3n) is 8.39. The van der Waals surface area contributed by atoms with Gasteiger partial charge in [-0.25, -0.2) is 9.98 Å². The average molecular weight is 555 g/mol. The quantitative estimate of drug-likeness (QED) is 0.341. The number of nitrogens with two attached hydrogens (primary N) is 1. The van der Waals surface area contributed by atoms with Crippen molar-refractivity contribution < 1.29 is 0 Å². The van der Waals surface area contributed by atoms with Gasteiger partial charge < -0.3 is 11.1 Å². The average Bonchev–Trinajstić information content (AvgIpc) is 3.02. The Labute approximate surface area is 251 Å². The van der Waals surface area contributed by atoms with Crippen molar-refractivity contribution in [3.8, 4) is 11.1 Å². The molecule has 2 atom stereocenters. The Kier molecular flexibility index (Phi) is 8.56. The summed E-state index contributed by atoms with van der Waals surface area (Å²) in [7, 11) is 1.50. The zero-order valence-electron chi connectivity index (χ0n) is 25.4. The maximum absolute atomic E-state index is 5.37. The van der Waals surface area contributed by atoms with E-state index < -0.39 is 5.66 Å². The first kappa shape index (κ1) is 29.2. The third-order valence-corrected chi connectivity index (χ3v) is 8.39. The summed E-state index contributed by atoms with van der Waals surface area (Å²) in [4.78, 5) is 10.4. The van der Waals surface area contributed by atoms with E-state index in [0.29, 0.717) is 5.92 Å². The lowest BCUT2D eigenvalue weighted by Crippen LogP contribution is -2.37. The lowest BCUT2D eigenvalue weighted by Gasteiger charge is -2.33. The van der Waals surface area contributed by atoms with E-state index in [-0.39, 0.29) is 5.41 Å². The molecule has 0 radical (unpaired) electrons. The first-order chi connectivity index (χ1) is 20.4. The Morgan fingerprint density at radius 1 is 0.905 bits per heavy atom. The van der Waals surface area contributed by atoms with Gasteiger partial charge in [-0.2, -0.15) is 0 Å². The highest BCUT2D eigenvalue weighted by Crippen LogP contribution is 2.41. The summed E-state index contributed by atoms with van der Waals surface area (Å²) >= 11 is 0. The molecule has 1 aliphatic heterocycles. The number of hydrogen-bond acceptors (Lipinski definition) is 4. The number of nitrogens with zero attached hydrogens (tertiary/aromatic N) is 2. The van der Waals surface area contributed by atoms with Crippen LogP contribution in [0.3, 0.4) is 0 Å². The fourth-order valence-corrected chi connectivity index (χ4v) is 5.99. The number of benzene rings is 3. The van der Waals surface area contributed by atoms with Gasteiger partial charge in [0.05, 0.1) is 6.34 Å². The number of allylic oxidation sites excluding steroid dienone is 5. The van der Waals surface area contributed by atoms with E-state index in [0.717, 1.165) is 35.4 Å². The molecule has 0 saturated carbocycles. The second-order valence-corrected chi connectivity index (χ2v) is 11.8. The number of nitrogens with one attached hydrogen (secondary N) is 1. The summed E-state index contributed by atoms with van der Waals surface area (Å²) in [6.45, 7) is 9.11. The van der Waals surface area contributed by atoms with Gasteiger partial charge in [-0.15, -0.1) is 0 Å². The van der Waals surface area contributed by atoms with Crippen LogP contribution in [0.4, 0.5) is 0 Å². The molecule has 0 aromatic heterocycles. The molecule has 2 unspecified atom stereocenters. The highest BCUT2D eigenvalue weighted by atomic mass is 15.2. The Balaban J connectivity index is 0.00000173. The molecule has 0 bridgehead atoms. The summed E-state index contributed by atoms with van der Waals surface area (Å²) in [6, 6.07) is 23.8. The predicted molar refractivity (Wildman–Crippen MR) is 180 cm³/mol. The molecule has 2 aliphatic carbocycles. The monoisotopic (exact) mass is 554 g/mol. The van der Waals surface area contributed by atoms with Crippen molar-refractivity contribution in [3.05, 3.63) is 137 Å². The fraction of sp³-hybridized carbons (Fsp3) is 0.263. The maximum atomic E-state index is 5.37. The summed E-state index contributed by atoms with van der Waals surface area (Å²) in [5, 5.41) is 3.38. The molecule has 0 spiro atoms. The van der Waals surface area contributed by atoms with Crippen LogP contribution in [-0.4, -0.2) is 19.2 Å². The van der Waals surface area contributed by atoms with Gasteiger partial charge >= 0.3 is 0 Å². The SMILES string of the molecule is CN.Cc1ccc(C2=NC(C3=CCC(C)C=C3)(c3ccccc3)N=CN2)cc1-c1cccc2c1/C=C\C=C/CC2(C)C. The van der Waals surface area contributed by atoms with Crippen LogP contribution in [0.15, 0.2) is 119 Å². The van der Waals surface area contributed by atoms with Crippen LogP contribution in [-0.2, 0) is 11.1 Å². The summed E-state index contributed by atoms with van der Waals surface area (Å²) in [5.74, 6) is 1.34. The zero-order valence-corrected chi connectivity index (χ0v) is 25.4. The topological polar surface area (TPSA) is 62.8 Å². The van der Waals surface area contributed by atoms with Crippen LogP contribution < -0.4 is 11.1 Å². The van der Waals surface area contributed by atoms with Crippen molar-refractivity contribution >= 4 is 18.3 Å². The van der Waals surface area contributed by atoms with Gasteiger partial charge in [0.2, 0.25) is 5.66 Å². The molecule has 0 saturated heterocycles. The number of aryl methyl sites for hydroxylation is 1. The third kappa shape index (κ3) is 5.60. The lowest BCUT2D eigenvalue weighted by molar-refractivity contribution is 0.533. The minimum atomic E-state index is -0.815. The van der Waals surface area contributed by atoms with Gasteiger partial charge in [0, 0.05) is 16.7 Å².